The van der Waals surface area contributed by atoms with E-state index in [0.29, 0.717) is 11.3 Å². The van der Waals surface area contributed by atoms with Crippen LogP contribution in [0, 0.1) is 12.7 Å². The van der Waals surface area contributed by atoms with Crippen molar-refractivity contribution >= 4 is 52.3 Å². The minimum absolute atomic E-state index is 0.0844. The summed E-state index contributed by atoms with van der Waals surface area (Å²) in [5.74, 6) is -2.49. The number of hydrogen-bond donors (Lipinski definition) is 2. The number of rotatable bonds is 6. The van der Waals surface area contributed by atoms with E-state index in [1.807, 2.05) is 37.3 Å². The SMILES string of the molecule is Cc1ccc(C(=O)NC(C)c2ccccc2)cc1NC1=C(Cl)C(=O)N(c2ccc(F)c(Cl)c2)C1=O. The Balaban J connectivity index is 1.56. The Kier molecular flexibility index (Phi) is 6.91. The van der Waals surface area contributed by atoms with Crippen molar-refractivity contribution in [1.29, 1.82) is 0 Å². The molecule has 0 fully saturated rings. The van der Waals surface area contributed by atoms with Gasteiger partial charge in [0.25, 0.3) is 17.7 Å². The Labute approximate surface area is 211 Å². The van der Waals surface area contributed by atoms with Gasteiger partial charge in [-0.25, -0.2) is 9.29 Å². The van der Waals surface area contributed by atoms with Crippen molar-refractivity contribution in [2.45, 2.75) is 19.9 Å². The van der Waals surface area contributed by atoms with E-state index < -0.39 is 17.6 Å². The second-order valence-corrected chi connectivity index (χ2v) is 8.78. The first-order chi connectivity index (χ1) is 16.7. The van der Waals surface area contributed by atoms with Gasteiger partial charge in [0.2, 0.25) is 0 Å². The average molecular weight is 512 g/mol. The van der Waals surface area contributed by atoms with Gasteiger partial charge in [-0.05, 0) is 55.3 Å². The predicted octanol–water partition coefficient (Wildman–Crippen LogP) is 5.71. The third kappa shape index (κ3) is 4.92. The molecule has 0 radical (unpaired) electrons. The molecule has 35 heavy (non-hydrogen) atoms. The molecule has 0 saturated heterocycles. The molecular weight excluding hydrogens is 492 g/mol. The Morgan fingerprint density at radius 3 is 2.37 bits per heavy atom. The molecule has 2 N–H and O–H groups in total. The summed E-state index contributed by atoms with van der Waals surface area (Å²) in [6.07, 6.45) is 0. The predicted molar refractivity (Wildman–Crippen MR) is 134 cm³/mol. The lowest BCUT2D eigenvalue weighted by atomic mass is 10.1. The Hall–Kier alpha value is -3.68. The zero-order chi connectivity index (χ0) is 25.3. The van der Waals surface area contributed by atoms with Crippen LogP contribution in [0.5, 0.6) is 0 Å². The molecule has 3 aromatic carbocycles. The molecule has 1 aliphatic rings. The molecule has 178 valence electrons. The van der Waals surface area contributed by atoms with E-state index in [4.69, 9.17) is 23.2 Å². The van der Waals surface area contributed by atoms with Gasteiger partial charge >= 0.3 is 0 Å². The number of carbonyl (C=O) groups is 3. The fraction of sp³-hybridized carbons (Fsp3) is 0.115. The van der Waals surface area contributed by atoms with E-state index >= 15 is 0 Å². The number of halogens is 3. The lowest BCUT2D eigenvalue weighted by molar-refractivity contribution is -0.120. The summed E-state index contributed by atoms with van der Waals surface area (Å²) in [5, 5.41) is 5.26. The van der Waals surface area contributed by atoms with Crippen molar-refractivity contribution in [3.8, 4) is 0 Å². The van der Waals surface area contributed by atoms with Gasteiger partial charge in [0.05, 0.1) is 16.8 Å². The van der Waals surface area contributed by atoms with Gasteiger partial charge in [-0.3, -0.25) is 14.4 Å². The largest absolute Gasteiger partial charge is 0.349 e. The molecule has 6 nitrogen and oxygen atoms in total. The topological polar surface area (TPSA) is 78.5 Å². The second kappa shape index (κ2) is 9.90. The van der Waals surface area contributed by atoms with Gasteiger partial charge in [-0.2, -0.15) is 0 Å². The first kappa shape index (κ1) is 24.4. The lowest BCUT2D eigenvalue weighted by Gasteiger charge is -2.17. The molecule has 0 aromatic heterocycles. The van der Waals surface area contributed by atoms with Crippen molar-refractivity contribution in [2.75, 3.05) is 10.2 Å². The summed E-state index contributed by atoms with van der Waals surface area (Å²) < 4.78 is 13.5. The molecule has 0 saturated carbocycles. The highest BCUT2D eigenvalue weighted by molar-refractivity contribution is 6.53. The summed E-state index contributed by atoms with van der Waals surface area (Å²) in [5.41, 5.74) is 2.39. The van der Waals surface area contributed by atoms with Crippen LogP contribution in [0.15, 0.2) is 77.5 Å². The number of hydrogen-bond acceptors (Lipinski definition) is 4. The molecule has 0 aliphatic carbocycles. The molecular formula is C26H20Cl2FN3O3. The molecule has 1 aliphatic heterocycles. The number of amides is 3. The molecule has 0 bridgehead atoms. The highest BCUT2D eigenvalue weighted by Crippen LogP contribution is 2.33. The fourth-order valence-electron chi connectivity index (χ4n) is 3.61. The Morgan fingerprint density at radius 1 is 0.971 bits per heavy atom. The smallest absolute Gasteiger partial charge is 0.283 e. The molecule has 0 spiro atoms. The summed E-state index contributed by atoms with van der Waals surface area (Å²) in [6, 6.07) is 17.8. The summed E-state index contributed by atoms with van der Waals surface area (Å²) in [7, 11) is 0. The Bertz CT molecular complexity index is 1380. The summed E-state index contributed by atoms with van der Waals surface area (Å²) in [6.45, 7) is 3.66. The van der Waals surface area contributed by atoms with Crippen molar-refractivity contribution in [2.24, 2.45) is 0 Å². The van der Waals surface area contributed by atoms with Gasteiger partial charge < -0.3 is 10.6 Å². The van der Waals surface area contributed by atoms with Crippen molar-refractivity contribution in [3.05, 3.63) is 105 Å². The standard InChI is InChI=1S/C26H20Cl2FN3O3/c1-14-8-9-17(24(33)30-15(2)16-6-4-3-5-7-16)12-21(14)31-23-22(28)25(34)32(26(23)35)18-10-11-20(29)19(27)13-18/h3-13,15,31H,1-2H3,(H,30,33). The highest BCUT2D eigenvalue weighted by atomic mass is 35.5. The number of nitrogens with one attached hydrogen (secondary N) is 2. The molecule has 1 heterocycles. The molecule has 3 amide bonds. The van der Waals surface area contributed by atoms with Crippen LogP contribution in [0.4, 0.5) is 15.8 Å². The average Bonchev–Trinajstić information content (AvgIpc) is 3.05. The van der Waals surface area contributed by atoms with E-state index in [9.17, 15) is 18.8 Å². The first-order valence-electron chi connectivity index (χ1n) is 10.6. The van der Waals surface area contributed by atoms with Crippen LogP contribution in [-0.4, -0.2) is 17.7 Å². The maximum Gasteiger partial charge on any atom is 0.283 e. The monoisotopic (exact) mass is 511 g/mol. The number of imide groups is 1. The van der Waals surface area contributed by atoms with E-state index in [2.05, 4.69) is 10.6 Å². The van der Waals surface area contributed by atoms with Crippen LogP contribution in [0.1, 0.15) is 34.5 Å². The highest BCUT2D eigenvalue weighted by Gasteiger charge is 2.39. The van der Waals surface area contributed by atoms with E-state index in [-0.39, 0.29) is 33.4 Å². The minimum atomic E-state index is -0.773. The van der Waals surface area contributed by atoms with E-state index in [0.717, 1.165) is 22.1 Å². The zero-order valence-electron chi connectivity index (χ0n) is 18.7. The number of nitrogens with zero attached hydrogens (tertiary/aromatic N) is 1. The maximum atomic E-state index is 13.5. The molecule has 1 atom stereocenters. The Morgan fingerprint density at radius 2 is 1.69 bits per heavy atom. The van der Waals surface area contributed by atoms with E-state index in [1.54, 1.807) is 25.1 Å². The van der Waals surface area contributed by atoms with Crippen LogP contribution in [0.25, 0.3) is 0 Å². The zero-order valence-corrected chi connectivity index (χ0v) is 20.2. The van der Waals surface area contributed by atoms with Crippen molar-refractivity contribution in [1.82, 2.24) is 5.32 Å². The minimum Gasteiger partial charge on any atom is -0.349 e. The van der Waals surface area contributed by atoms with Crippen molar-refractivity contribution in [3.63, 3.8) is 0 Å². The van der Waals surface area contributed by atoms with E-state index in [1.165, 1.54) is 12.1 Å². The fourth-order valence-corrected chi connectivity index (χ4v) is 3.99. The van der Waals surface area contributed by atoms with Gasteiger partial charge in [0.1, 0.15) is 16.5 Å². The van der Waals surface area contributed by atoms with Crippen LogP contribution >= 0.6 is 23.2 Å². The van der Waals surface area contributed by atoms with Crippen LogP contribution in [0.3, 0.4) is 0 Å². The maximum absolute atomic E-state index is 13.5. The summed E-state index contributed by atoms with van der Waals surface area (Å²) >= 11 is 12.0. The first-order valence-corrected chi connectivity index (χ1v) is 11.4. The van der Waals surface area contributed by atoms with Crippen LogP contribution in [0.2, 0.25) is 5.02 Å². The van der Waals surface area contributed by atoms with Crippen LogP contribution < -0.4 is 15.5 Å². The number of aryl methyl sites for hydroxylation is 1. The quantitative estimate of drug-likeness (QED) is 0.415. The van der Waals surface area contributed by atoms with Gasteiger partial charge in [0, 0.05) is 11.3 Å². The number of benzene rings is 3. The number of carbonyl (C=O) groups excluding carboxylic acids is 3. The van der Waals surface area contributed by atoms with Gasteiger partial charge in [-0.15, -0.1) is 0 Å². The van der Waals surface area contributed by atoms with Gasteiger partial charge in [-0.1, -0.05) is 59.6 Å². The number of anilines is 2. The van der Waals surface area contributed by atoms with Crippen LogP contribution in [-0.2, 0) is 9.59 Å². The molecule has 1 unspecified atom stereocenters. The lowest BCUT2D eigenvalue weighted by Crippen LogP contribution is -2.32. The summed E-state index contributed by atoms with van der Waals surface area (Å²) in [4.78, 5) is 39.4. The third-order valence-corrected chi connectivity index (χ3v) is 6.24. The molecule has 9 heteroatoms. The molecule has 4 rings (SSSR count). The third-order valence-electron chi connectivity index (χ3n) is 5.60. The molecule has 3 aromatic rings. The normalized spacial score (nSPS) is 14.4. The second-order valence-electron chi connectivity index (χ2n) is 7.99. The van der Waals surface area contributed by atoms with Gasteiger partial charge in [0.15, 0.2) is 0 Å². The van der Waals surface area contributed by atoms with Crippen molar-refractivity contribution < 1.29 is 18.8 Å².